The van der Waals surface area contributed by atoms with Gasteiger partial charge in [-0.3, -0.25) is 14.5 Å². The number of benzene rings is 1. The Balaban J connectivity index is 2.21. The summed E-state index contributed by atoms with van der Waals surface area (Å²) in [6, 6.07) is 7.50. The number of methoxy groups -OCH3 is 1. The number of ether oxygens (including phenoxy) is 1. The maximum atomic E-state index is 12.5. The third kappa shape index (κ3) is 4.01. The quantitative estimate of drug-likeness (QED) is 0.824. The van der Waals surface area contributed by atoms with Crippen molar-refractivity contribution in [3.8, 4) is 5.75 Å². The Morgan fingerprint density at radius 1 is 1.26 bits per heavy atom. The van der Waals surface area contributed by atoms with Crippen LogP contribution in [0.5, 0.6) is 5.75 Å². The molecule has 23 heavy (non-hydrogen) atoms. The van der Waals surface area contributed by atoms with Crippen LogP contribution in [0.25, 0.3) is 0 Å². The van der Waals surface area contributed by atoms with Crippen LogP contribution >= 0.6 is 0 Å². The van der Waals surface area contributed by atoms with Crippen molar-refractivity contribution in [3.63, 3.8) is 0 Å². The molecule has 126 valence electrons. The number of nitrogens with zero attached hydrogens (tertiary/aromatic N) is 3. The van der Waals surface area contributed by atoms with Gasteiger partial charge in [-0.15, -0.1) is 0 Å². The Morgan fingerprint density at radius 3 is 2.57 bits per heavy atom. The summed E-state index contributed by atoms with van der Waals surface area (Å²) >= 11 is 0. The minimum atomic E-state index is -0.326. The van der Waals surface area contributed by atoms with E-state index in [0.29, 0.717) is 26.2 Å². The molecule has 1 atom stereocenters. The molecule has 0 saturated carbocycles. The van der Waals surface area contributed by atoms with Crippen LogP contribution in [0.3, 0.4) is 0 Å². The SMILES string of the molecule is COc1ccccc1CN1CCN(C(C)=O)CC1C(=O)N(C)C. The molecule has 1 aromatic carbocycles. The molecule has 1 unspecified atom stereocenters. The maximum absolute atomic E-state index is 12.5. The highest BCUT2D eigenvalue weighted by molar-refractivity contribution is 5.83. The van der Waals surface area contributed by atoms with Gasteiger partial charge in [-0.2, -0.15) is 0 Å². The first kappa shape index (κ1) is 17.3. The number of para-hydroxylation sites is 1. The van der Waals surface area contributed by atoms with Crippen LogP contribution in [0.1, 0.15) is 12.5 Å². The molecule has 2 amide bonds. The Labute approximate surface area is 137 Å². The van der Waals surface area contributed by atoms with Gasteiger partial charge in [-0.25, -0.2) is 0 Å². The van der Waals surface area contributed by atoms with Crippen LogP contribution in [0.4, 0.5) is 0 Å². The second-order valence-corrected chi connectivity index (χ2v) is 6.00. The molecule has 1 aliphatic heterocycles. The van der Waals surface area contributed by atoms with Crippen molar-refractivity contribution in [2.24, 2.45) is 0 Å². The molecule has 6 heteroatoms. The number of piperazine rings is 1. The fourth-order valence-corrected chi connectivity index (χ4v) is 2.88. The summed E-state index contributed by atoms with van der Waals surface area (Å²) in [5, 5.41) is 0. The predicted molar refractivity (Wildman–Crippen MR) is 88.1 cm³/mol. The predicted octanol–water partition coefficient (Wildman–Crippen LogP) is 0.816. The molecule has 0 aliphatic carbocycles. The number of hydrogen-bond acceptors (Lipinski definition) is 4. The highest BCUT2D eigenvalue weighted by Crippen LogP contribution is 2.22. The summed E-state index contributed by atoms with van der Waals surface area (Å²) in [5.74, 6) is 0.849. The highest BCUT2D eigenvalue weighted by Gasteiger charge is 2.34. The smallest absolute Gasteiger partial charge is 0.241 e. The lowest BCUT2D eigenvalue weighted by molar-refractivity contribution is -0.141. The molecule has 1 heterocycles. The van der Waals surface area contributed by atoms with Crippen LogP contribution < -0.4 is 4.74 Å². The molecule has 1 aliphatic rings. The van der Waals surface area contributed by atoms with Gasteiger partial charge in [-0.05, 0) is 6.07 Å². The van der Waals surface area contributed by atoms with Crippen LogP contribution in [-0.4, -0.2) is 73.4 Å². The zero-order valence-corrected chi connectivity index (χ0v) is 14.3. The van der Waals surface area contributed by atoms with Gasteiger partial charge in [0.05, 0.1) is 7.11 Å². The van der Waals surface area contributed by atoms with Crippen LogP contribution in [-0.2, 0) is 16.1 Å². The number of carbonyl (C=O) groups excluding carboxylic acids is 2. The van der Waals surface area contributed by atoms with Crippen molar-refractivity contribution in [2.75, 3.05) is 40.8 Å². The maximum Gasteiger partial charge on any atom is 0.241 e. The molecule has 2 rings (SSSR count). The molecule has 0 radical (unpaired) electrons. The van der Waals surface area contributed by atoms with E-state index in [1.54, 1.807) is 37.9 Å². The second-order valence-electron chi connectivity index (χ2n) is 6.00. The highest BCUT2D eigenvalue weighted by atomic mass is 16.5. The summed E-state index contributed by atoms with van der Waals surface area (Å²) in [4.78, 5) is 29.7. The average Bonchev–Trinajstić information content (AvgIpc) is 2.54. The molecule has 0 aromatic heterocycles. The van der Waals surface area contributed by atoms with Gasteiger partial charge >= 0.3 is 0 Å². The Bertz CT molecular complexity index is 574. The van der Waals surface area contributed by atoms with Crippen molar-refractivity contribution in [1.29, 1.82) is 0 Å². The Hall–Kier alpha value is -2.08. The summed E-state index contributed by atoms with van der Waals surface area (Å²) in [6.45, 7) is 3.91. The van der Waals surface area contributed by atoms with Gasteiger partial charge in [0.25, 0.3) is 0 Å². The largest absolute Gasteiger partial charge is 0.496 e. The van der Waals surface area contributed by atoms with Gasteiger partial charge in [0.2, 0.25) is 11.8 Å². The van der Waals surface area contributed by atoms with E-state index in [1.165, 1.54) is 0 Å². The zero-order valence-electron chi connectivity index (χ0n) is 14.3. The van der Waals surface area contributed by atoms with E-state index < -0.39 is 0 Å². The summed E-state index contributed by atoms with van der Waals surface area (Å²) in [5.41, 5.74) is 1.04. The first-order valence-corrected chi connectivity index (χ1v) is 7.76. The van der Waals surface area contributed by atoms with Crippen molar-refractivity contribution in [1.82, 2.24) is 14.7 Å². The monoisotopic (exact) mass is 319 g/mol. The van der Waals surface area contributed by atoms with Crippen LogP contribution in [0, 0.1) is 0 Å². The summed E-state index contributed by atoms with van der Waals surface area (Å²) < 4.78 is 5.40. The second kappa shape index (κ2) is 7.46. The first-order valence-electron chi connectivity index (χ1n) is 7.76. The van der Waals surface area contributed by atoms with Crippen LogP contribution in [0.2, 0.25) is 0 Å². The number of hydrogen-bond donors (Lipinski definition) is 0. The summed E-state index contributed by atoms with van der Waals surface area (Å²) in [7, 11) is 5.14. The Kier molecular flexibility index (Phi) is 5.60. The molecular weight excluding hydrogens is 294 g/mol. The molecule has 0 N–H and O–H groups in total. The van der Waals surface area contributed by atoms with E-state index in [2.05, 4.69) is 4.90 Å². The average molecular weight is 319 g/mol. The summed E-state index contributed by atoms with van der Waals surface area (Å²) in [6.07, 6.45) is 0. The number of rotatable bonds is 4. The molecule has 0 bridgehead atoms. The fraction of sp³-hybridized carbons (Fsp3) is 0.529. The first-order chi connectivity index (χ1) is 10.9. The Morgan fingerprint density at radius 2 is 1.96 bits per heavy atom. The number of carbonyl (C=O) groups is 2. The number of likely N-dealkylation sites (N-methyl/N-ethyl adjacent to an activating group) is 1. The van der Waals surface area contributed by atoms with E-state index in [0.717, 1.165) is 11.3 Å². The van der Waals surface area contributed by atoms with Crippen molar-refractivity contribution >= 4 is 11.8 Å². The van der Waals surface area contributed by atoms with E-state index in [4.69, 9.17) is 4.74 Å². The lowest BCUT2D eigenvalue weighted by atomic mass is 10.1. The number of amides is 2. The van der Waals surface area contributed by atoms with Crippen molar-refractivity contribution in [3.05, 3.63) is 29.8 Å². The van der Waals surface area contributed by atoms with Gasteiger partial charge in [-0.1, -0.05) is 18.2 Å². The van der Waals surface area contributed by atoms with E-state index in [-0.39, 0.29) is 17.9 Å². The van der Waals surface area contributed by atoms with E-state index in [1.807, 2.05) is 24.3 Å². The third-order valence-electron chi connectivity index (χ3n) is 4.23. The lowest BCUT2D eigenvalue weighted by Gasteiger charge is -2.41. The van der Waals surface area contributed by atoms with Crippen molar-refractivity contribution in [2.45, 2.75) is 19.5 Å². The lowest BCUT2D eigenvalue weighted by Crippen LogP contribution is -2.59. The molecular formula is C17H25N3O3. The molecule has 1 fully saturated rings. The fourth-order valence-electron chi connectivity index (χ4n) is 2.88. The minimum absolute atomic E-state index is 0.0125. The van der Waals surface area contributed by atoms with Crippen LogP contribution in [0.15, 0.2) is 24.3 Å². The van der Waals surface area contributed by atoms with Gasteiger partial charge in [0.1, 0.15) is 11.8 Å². The minimum Gasteiger partial charge on any atom is -0.496 e. The molecule has 1 aromatic rings. The van der Waals surface area contributed by atoms with E-state index in [9.17, 15) is 9.59 Å². The van der Waals surface area contributed by atoms with Gasteiger partial charge < -0.3 is 14.5 Å². The van der Waals surface area contributed by atoms with Gasteiger partial charge in [0.15, 0.2) is 0 Å². The standard InChI is InChI=1S/C17H25N3O3/c1-13(21)19-9-10-20(15(12-19)17(22)18(2)3)11-14-7-5-6-8-16(14)23-4/h5-8,15H,9-12H2,1-4H3. The van der Waals surface area contributed by atoms with Gasteiger partial charge in [0, 0.05) is 52.8 Å². The molecule has 6 nitrogen and oxygen atoms in total. The third-order valence-corrected chi connectivity index (χ3v) is 4.23. The normalized spacial score (nSPS) is 18.6. The topological polar surface area (TPSA) is 53.1 Å². The molecule has 1 saturated heterocycles. The molecule has 0 spiro atoms. The zero-order chi connectivity index (χ0) is 17.0. The van der Waals surface area contributed by atoms with Crippen molar-refractivity contribution < 1.29 is 14.3 Å². The van der Waals surface area contributed by atoms with E-state index >= 15 is 0 Å².